The van der Waals surface area contributed by atoms with Gasteiger partial charge in [-0.25, -0.2) is 0 Å². The zero-order chi connectivity index (χ0) is 5.28. The molecule has 1 rings (SSSR count). The Bertz CT molecular complexity index is 143. The van der Waals surface area contributed by atoms with Gasteiger partial charge in [-0.05, 0) is 0 Å². The third-order valence-electron chi connectivity index (χ3n) is 0.834. The second kappa shape index (κ2) is 1.45. The highest BCUT2D eigenvalue weighted by molar-refractivity contribution is 6.30. The quantitative estimate of drug-likeness (QED) is 0.324. The van der Waals surface area contributed by atoms with E-state index in [9.17, 15) is 0 Å². The molecule has 0 bridgehead atoms. The molecule has 34 valence electrons. The van der Waals surface area contributed by atoms with Crippen LogP contribution in [0.15, 0.2) is 12.5 Å². The van der Waals surface area contributed by atoms with Crippen molar-refractivity contribution < 1.29 is 0 Å². The van der Waals surface area contributed by atoms with Crippen LogP contribution >= 0.6 is 0 Å². The van der Waals surface area contributed by atoms with Crippen LogP contribution < -0.4 is 5.59 Å². The first-order valence-corrected chi connectivity index (χ1v) is 2.23. The summed E-state index contributed by atoms with van der Waals surface area (Å²) in [6, 6.07) is 0. The fourth-order valence-electron chi connectivity index (χ4n) is 0.544. The molecule has 0 spiro atoms. The summed E-state index contributed by atoms with van der Waals surface area (Å²) in [5, 5.41) is 0. The van der Waals surface area contributed by atoms with Gasteiger partial charge < -0.3 is 4.48 Å². The normalized spacial score (nSPS) is 9.14. The third kappa shape index (κ3) is 0.856. The van der Waals surface area contributed by atoms with Crippen LogP contribution in [0.4, 0.5) is 0 Å². The molecule has 7 heavy (non-hydrogen) atoms. The molecule has 1 aromatic heterocycles. The van der Waals surface area contributed by atoms with Gasteiger partial charge in [-0.1, -0.05) is 0 Å². The number of imidazole rings is 1. The molecule has 0 saturated carbocycles. The Morgan fingerprint density at radius 1 is 1.71 bits per heavy atom. The maximum atomic E-state index is 3.98. The summed E-state index contributed by atoms with van der Waals surface area (Å²) in [6.07, 6.45) is 3.76. The van der Waals surface area contributed by atoms with Crippen LogP contribution in [0.3, 0.4) is 0 Å². The lowest BCUT2D eigenvalue weighted by Gasteiger charge is -1.78. The number of hydrogen-bond acceptors (Lipinski definition) is 1. The Morgan fingerprint density at radius 2 is 2.43 bits per heavy atom. The molecule has 0 saturated heterocycles. The van der Waals surface area contributed by atoms with E-state index in [2.05, 4.69) is 4.98 Å². The predicted molar refractivity (Wildman–Crippen MR) is 34.3 cm³/mol. The maximum absolute atomic E-state index is 3.98. The topological polar surface area (TPSA) is 17.8 Å². The largest absolute Gasteiger partial charge is 0.390 e. The summed E-state index contributed by atoms with van der Waals surface area (Å²) in [4.78, 5) is 3.98. The molecule has 0 N–H and O–H groups in total. The van der Waals surface area contributed by atoms with Crippen molar-refractivity contribution in [2.24, 2.45) is 0 Å². The van der Waals surface area contributed by atoms with E-state index < -0.39 is 0 Å². The lowest BCUT2D eigenvalue weighted by Crippen LogP contribution is -2.00. The summed E-state index contributed by atoms with van der Waals surface area (Å²) in [5.41, 5.74) is 1.07. The van der Waals surface area contributed by atoms with Gasteiger partial charge in [-0.2, -0.15) is 0 Å². The fourth-order valence-corrected chi connectivity index (χ4v) is 0.544. The highest BCUT2D eigenvalue weighted by Crippen LogP contribution is 1.68. The molecule has 4 heteroatoms. The second-order valence-corrected chi connectivity index (χ2v) is 1.68. The number of hydrogen-bond donors (Lipinski definition) is 0. The highest BCUT2D eigenvalue weighted by atomic mass is 14.9. The summed E-state index contributed by atoms with van der Waals surface area (Å²) in [7, 11) is 3.93. The molecule has 0 aromatic carbocycles. The first-order chi connectivity index (χ1) is 3.29. The number of rotatable bonds is 0. The predicted octanol–water partition coefficient (Wildman–Crippen LogP) is -2.46. The molecule has 0 atom stereocenters. The van der Waals surface area contributed by atoms with Gasteiger partial charge in [0.25, 0.3) is 0 Å². The number of nitrogens with zero attached hydrogens (tertiary/aromatic N) is 2. The van der Waals surface area contributed by atoms with Gasteiger partial charge in [0.15, 0.2) is 7.85 Å². The van der Waals surface area contributed by atoms with Crippen molar-refractivity contribution in [3.05, 3.63) is 12.5 Å². The molecule has 0 fully saturated rings. The van der Waals surface area contributed by atoms with Crippen molar-refractivity contribution >= 4 is 21.4 Å². The van der Waals surface area contributed by atoms with E-state index in [0.29, 0.717) is 0 Å². The monoisotopic (exact) mass is 92.1 g/mol. The minimum Gasteiger partial charge on any atom is -0.390 e. The summed E-state index contributed by atoms with van der Waals surface area (Å²) >= 11 is 0. The molecule has 0 aliphatic carbocycles. The lowest BCUT2D eigenvalue weighted by atomic mass is 10.1. The molecule has 1 aromatic rings. The van der Waals surface area contributed by atoms with E-state index in [-0.39, 0.29) is 0 Å². The molecule has 0 aliphatic rings. The van der Waals surface area contributed by atoms with Crippen molar-refractivity contribution in [3.8, 4) is 0 Å². The van der Waals surface area contributed by atoms with Crippen LogP contribution in [-0.2, 0) is 0 Å². The standard InChI is InChI=1S/C3H6B2N2/c4-3-1-7(5)2-6-3/h1-2H,4-5H2. The molecule has 2 nitrogen and oxygen atoms in total. The van der Waals surface area contributed by atoms with Crippen LogP contribution in [0.1, 0.15) is 0 Å². The van der Waals surface area contributed by atoms with Crippen molar-refractivity contribution in [2.75, 3.05) is 0 Å². The molecule has 1 heterocycles. The Hall–Kier alpha value is -0.660. The minimum absolute atomic E-state index is 1.07. The second-order valence-electron chi connectivity index (χ2n) is 1.68. The van der Waals surface area contributed by atoms with Crippen LogP contribution in [0.25, 0.3) is 0 Å². The van der Waals surface area contributed by atoms with Crippen molar-refractivity contribution in [2.45, 2.75) is 0 Å². The Labute approximate surface area is 44.4 Å². The molecule has 0 unspecified atom stereocenters. The van der Waals surface area contributed by atoms with Crippen LogP contribution in [0, 0.1) is 0 Å². The Morgan fingerprint density at radius 3 is 2.57 bits per heavy atom. The van der Waals surface area contributed by atoms with E-state index in [1.165, 1.54) is 0 Å². The third-order valence-corrected chi connectivity index (χ3v) is 0.834. The van der Waals surface area contributed by atoms with E-state index >= 15 is 0 Å². The van der Waals surface area contributed by atoms with E-state index in [0.717, 1.165) is 5.59 Å². The molecule has 0 amide bonds. The van der Waals surface area contributed by atoms with Crippen LogP contribution in [-0.4, -0.2) is 25.3 Å². The van der Waals surface area contributed by atoms with Crippen molar-refractivity contribution in [1.29, 1.82) is 0 Å². The van der Waals surface area contributed by atoms with Crippen LogP contribution in [0.5, 0.6) is 0 Å². The summed E-state index contributed by atoms with van der Waals surface area (Å²) in [5.74, 6) is 0. The SMILES string of the molecule is Bc1cn(B)cn1. The molecule has 0 aliphatic heterocycles. The zero-order valence-corrected chi connectivity index (χ0v) is 4.55. The van der Waals surface area contributed by atoms with Crippen molar-refractivity contribution in [3.63, 3.8) is 0 Å². The Kier molecular flexibility index (Phi) is 0.929. The molecule has 0 radical (unpaired) electrons. The molecular formula is C3H6B2N2. The Balaban J connectivity index is 3.04. The minimum atomic E-state index is 1.07. The van der Waals surface area contributed by atoms with E-state index in [4.69, 9.17) is 0 Å². The number of aromatic nitrogens is 2. The van der Waals surface area contributed by atoms with Gasteiger partial charge in [0.1, 0.15) is 0 Å². The van der Waals surface area contributed by atoms with Gasteiger partial charge in [0.05, 0.1) is 6.33 Å². The van der Waals surface area contributed by atoms with Crippen molar-refractivity contribution in [1.82, 2.24) is 9.46 Å². The summed E-state index contributed by atoms with van der Waals surface area (Å²) in [6.45, 7) is 0. The van der Waals surface area contributed by atoms with Gasteiger partial charge in [-0.15, -0.1) is 0 Å². The average molecular weight is 91.7 g/mol. The average Bonchev–Trinajstić information content (AvgIpc) is 1.87. The van der Waals surface area contributed by atoms with Gasteiger partial charge in [0, 0.05) is 11.8 Å². The fraction of sp³-hybridized carbons (Fsp3) is 0. The van der Waals surface area contributed by atoms with E-state index in [1.54, 1.807) is 6.33 Å². The van der Waals surface area contributed by atoms with Gasteiger partial charge in [0.2, 0.25) is 7.98 Å². The lowest BCUT2D eigenvalue weighted by molar-refractivity contribution is 1.21. The summed E-state index contributed by atoms with van der Waals surface area (Å²) < 4.78 is 1.93. The van der Waals surface area contributed by atoms with Gasteiger partial charge >= 0.3 is 0 Å². The first-order valence-electron chi connectivity index (χ1n) is 2.23. The zero-order valence-electron chi connectivity index (χ0n) is 4.55. The van der Waals surface area contributed by atoms with E-state index in [1.807, 2.05) is 26.5 Å². The smallest absolute Gasteiger partial charge is 0.224 e. The maximum Gasteiger partial charge on any atom is 0.224 e. The highest BCUT2D eigenvalue weighted by Gasteiger charge is 1.81. The van der Waals surface area contributed by atoms with Gasteiger partial charge in [-0.3, -0.25) is 4.98 Å². The first kappa shape index (κ1) is 4.50. The van der Waals surface area contributed by atoms with Crippen LogP contribution in [0.2, 0.25) is 0 Å². The molecular weight excluding hydrogens is 85.7 g/mol.